The van der Waals surface area contributed by atoms with Gasteiger partial charge in [-0.15, -0.1) is 0 Å². The fourth-order valence-electron chi connectivity index (χ4n) is 7.05. The molecule has 0 bridgehead atoms. The van der Waals surface area contributed by atoms with Crippen LogP contribution in [-0.2, 0) is 14.4 Å². The number of aliphatic hydroxyl groups excluding tert-OH is 1. The molecule has 5 heteroatoms. The third kappa shape index (κ3) is 2.21. The zero-order valence-electron chi connectivity index (χ0n) is 16.2. The molecule has 0 aromatic carbocycles. The topological polar surface area (TPSA) is 91.7 Å². The summed E-state index contributed by atoms with van der Waals surface area (Å²) < 4.78 is 0. The maximum atomic E-state index is 13.4. The molecule has 3 saturated carbocycles. The zero-order chi connectivity index (χ0) is 19.8. The molecule has 146 valence electrons. The Morgan fingerprint density at radius 2 is 2.00 bits per heavy atom. The normalized spacial score (nSPS) is 48.6. The molecule has 4 aliphatic rings. The summed E-state index contributed by atoms with van der Waals surface area (Å²) in [5, 5.41) is 20.6. The van der Waals surface area contributed by atoms with Crippen molar-refractivity contribution in [2.45, 2.75) is 52.1 Å². The predicted molar refractivity (Wildman–Crippen MR) is 98.6 cm³/mol. The Labute approximate surface area is 159 Å². The van der Waals surface area contributed by atoms with E-state index in [9.17, 15) is 24.6 Å². The van der Waals surface area contributed by atoms with Crippen LogP contribution in [0.1, 0.15) is 46.5 Å². The Hall–Kier alpha value is -1.59. The highest BCUT2D eigenvalue weighted by atomic mass is 16.3. The average molecular weight is 372 g/mol. The highest BCUT2D eigenvalue weighted by Crippen LogP contribution is 2.66. The van der Waals surface area contributed by atoms with Crippen LogP contribution in [-0.4, -0.2) is 39.8 Å². The zero-order valence-corrected chi connectivity index (χ0v) is 16.2. The molecule has 27 heavy (non-hydrogen) atoms. The molecule has 0 unspecified atom stereocenters. The smallest absolute Gasteiger partial charge is 0.190 e. The minimum Gasteiger partial charge on any atom is -0.388 e. The molecule has 0 aliphatic heterocycles. The first-order chi connectivity index (χ1) is 12.6. The van der Waals surface area contributed by atoms with Crippen molar-refractivity contribution < 1.29 is 24.6 Å². The minimum absolute atomic E-state index is 0.0235. The first-order valence-electron chi connectivity index (χ1n) is 9.93. The highest BCUT2D eigenvalue weighted by molar-refractivity contribution is 6.02. The number of hydrogen-bond donors (Lipinski definition) is 2. The van der Waals surface area contributed by atoms with Gasteiger partial charge >= 0.3 is 0 Å². The van der Waals surface area contributed by atoms with Crippen molar-refractivity contribution in [2.75, 3.05) is 6.61 Å². The quantitative estimate of drug-likeness (QED) is 0.774. The van der Waals surface area contributed by atoms with Gasteiger partial charge in [-0.25, -0.2) is 0 Å². The molecular formula is C22H28O5. The summed E-state index contributed by atoms with van der Waals surface area (Å²) in [6, 6.07) is 0. The third-order valence-electron chi connectivity index (χ3n) is 8.33. The molecule has 0 saturated heterocycles. The van der Waals surface area contributed by atoms with Crippen molar-refractivity contribution in [1.82, 2.24) is 0 Å². The first-order valence-corrected chi connectivity index (χ1v) is 9.93. The number of hydrogen-bond acceptors (Lipinski definition) is 5. The molecule has 0 amide bonds. The Balaban J connectivity index is 1.79. The SMILES string of the molecule is C[C@@H]1C[C@@H]2[C@H](C(=O)C[C@@]3(C)[C@H]2CC[C@]3(O)C(=O)CO)[C@@]2(C)C=CC(=O)C=C12. The van der Waals surface area contributed by atoms with Crippen LogP contribution in [0.2, 0.25) is 0 Å². The fourth-order valence-corrected chi connectivity index (χ4v) is 7.05. The Morgan fingerprint density at radius 1 is 1.30 bits per heavy atom. The van der Waals surface area contributed by atoms with Crippen LogP contribution in [0.25, 0.3) is 0 Å². The number of ketones is 3. The van der Waals surface area contributed by atoms with Gasteiger partial charge in [-0.3, -0.25) is 14.4 Å². The molecule has 4 rings (SSSR count). The molecule has 4 aliphatic carbocycles. The summed E-state index contributed by atoms with van der Waals surface area (Å²) in [6.07, 6.45) is 7.06. The Morgan fingerprint density at radius 3 is 2.67 bits per heavy atom. The summed E-state index contributed by atoms with van der Waals surface area (Å²) in [7, 11) is 0. The van der Waals surface area contributed by atoms with Gasteiger partial charge in [0.15, 0.2) is 11.6 Å². The van der Waals surface area contributed by atoms with Crippen molar-refractivity contribution in [3.63, 3.8) is 0 Å². The number of rotatable bonds is 2. The maximum Gasteiger partial charge on any atom is 0.190 e. The molecule has 0 spiro atoms. The molecule has 0 radical (unpaired) electrons. The molecular weight excluding hydrogens is 344 g/mol. The maximum absolute atomic E-state index is 13.4. The van der Waals surface area contributed by atoms with Crippen molar-refractivity contribution in [3.8, 4) is 0 Å². The highest BCUT2D eigenvalue weighted by Gasteiger charge is 2.68. The monoisotopic (exact) mass is 372 g/mol. The van der Waals surface area contributed by atoms with Gasteiger partial charge in [0, 0.05) is 23.2 Å². The van der Waals surface area contributed by atoms with Crippen molar-refractivity contribution in [2.24, 2.45) is 34.5 Å². The second-order valence-electron chi connectivity index (χ2n) is 9.54. The van der Waals surface area contributed by atoms with Gasteiger partial charge in [0.2, 0.25) is 0 Å². The predicted octanol–water partition coefficient (Wildman–Crippen LogP) is 2.01. The lowest BCUT2D eigenvalue weighted by Crippen LogP contribution is -2.61. The molecule has 2 N–H and O–H groups in total. The van der Waals surface area contributed by atoms with E-state index >= 15 is 0 Å². The molecule has 0 heterocycles. The van der Waals surface area contributed by atoms with E-state index in [2.05, 4.69) is 13.8 Å². The third-order valence-corrected chi connectivity index (χ3v) is 8.33. The van der Waals surface area contributed by atoms with Gasteiger partial charge in [0.1, 0.15) is 18.0 Å². The van der Waals surface area contributed by atoms with Gasteiger partial charge in [-0.05, 0) is 49.2 Å². The Bertz CT molecular complexity index is 795. The lowest BCUT2D eigenvalue weighted by Gasteiger charge is -2.58. The standard InChI is InChI=1S/C22H28O5/c1-12-8-14-15-5-7-22(27,18(26)11-23)21(15,3)10-17(25)19(14)20(2)6-4-13(24)9-16(12)20/h4,6,9,12,14-15,19,23,27H,5,7-8,10-11H2,1-3H3/t12-,14+,15+,19-,20+,21+,22+/m1/s1. The van der Waals surface area contributed by atoms with Gasteiger partial charge in [-0.2, -0.15) is 0 Å². The van der Waals surface area contributed by atoms with E-state index in [0.717, 1.165) is 12.0 Å². The minimum atomic E-state index is -1.63. The number of fused-ring (bicyclic) bond motifs is 5. The van der Waals surface area contributed by atoms with Crippen LogP contribution in [0.3, 0.4) is 0 Å². The first kappa shape index (κ1) is 18.8. The van der Waals surface area contributed by atoms with Crippen molar-refractivity contribution >= 4 is 17.3 Å². The van der Waals surface area contributed by atoms with E-state index in [1.165, 1.54) is 0 Å². The van der Waals surface area contributed by atoms with Crippen LogP contribution < -0.4 is 0 Å². The molecule has 7 atom stereocenters. The van der Waals surface area contributed by atoms with Gasteiger partial charge in [-0.1, -0.05) is 32.4 Å². The van der Waals surface area contributed by atoms with E-state index in [1.54, 1.807) is 12.2 Å². The summed E-state index contributed by atoms with van der Waals surface area (Å²) in [5.41, 5.74) is -1.91. The largest absolute Gasteiger partial charge is 0.388 e. The van der Waals surface area contributed by atoms with Gasteiger partial charge < -0.3 is 10.2 Å². The van der Waals surface area contributed by atoms with E-state index in [-0.39, 0.29) is 41.7 Å². The number of aliphatic hydroxyl groups is 2. The molecule has 0 aromatic heterocycles. The Kier molecular flexibility index (Phi) is 3.97. The van der Waals surface area contributed by atoms with E-state index in [4.69, 9.17) is 0 Å². The lowest BCUT2D eigenvalue weighted by molar-refractivity contribution is -0.169. The second kappa shape index (κ2) is 5.71. The number of carbonyl (C=O) groups is 3. The summed E-state index contributed by atoms with van der Waals surface area (Å²) >= 11 is 0. The van der Waals surface area contributed by atoms with Gasteiger partial charge in [0.05, 0.1) is 0 Å². The van der Waals surface area contributed by atoms with E-state index in [0.29, 0.717) is 12.8 Å². The van der Waals surface area contributed by atoms with Crippen LogP contribution in [0.4, 0.5) is 0 Å². The summed E-state index contributed by atoms with van der Waals surface area (Å²) in [6.45, 7) is 5.30. The average Bonchev–Trinajstić information content (AvgIpc) is 2.87. The van der Waals surface area contributed by atoms with Crippen LogP contribution >= 0.6 is 0 Å². The van der Waals surface area contributed by atoms with E-state index < -0.39 is 28.8 Å². The molecule has 5 nitrogen and oxygen atoms in total. The van der Waals surface area contributed by atoms with Crippen LogP contribution in [0.5, 0.6) is 0 Å². The fraction of sp³-hybridized carbons (Fsp3) is 0.682. The summed E-state index contributed by atoms with van der Waals surface area (Å²) in [5.74, 6) is -0.484. The molecule has 3 fully saturated rings. The van der Waals surface area contributed by atoms with Crippen molar-refractivity contribution in [1.29, 1.82) is 0 Å². The second-order valence-corrected chi connectivity index (χ2v) is 9.54. The van der Waals surface area contributed by atoms with Crippen LogP contribution in [0, 0.1) is 34.5 Å². The van der Waals surface area contributed by atoms with E-state index in [1.807, 2.05) is 13.0 Å². The number of Topliss-reactive ketones (excluding diaryl/α,β-unsaturated/α-hetero) is 2. The number of carbonyl (C=O) groups excluding carboxylic acids is 3. The summed E-state index contributed by atoms with van der Waals surface area (Å²) in [4.78, 5) is 37.7. The molecule has 0 aromatic rings. The van der Waals surface area contributed by atoms with Crippen LogP contribution in [0.15, 0.2) is 23.8 Å². The van der Waals surface area contributed by atoms with Gasteiger partial charge in [0.25, 0.3) is 0 Å². The lowest BCUT2D eigenvalue weighted by atomic mass is 9.45. The van der Waals surface area contributed by atoms with Crippen molar-refractivity contribution in [3.05, 3.63) is 23.8 Å². The number of allylic oxidation sites excluding steroid dienone is 4.